The third-order valence-corrected chi connectivity index (χ3v) is 6.21. The van der Waals surface area contributed by atoms with Gasteiger partial charge in [-0.3, -0.25) is 9.59 Å². The molecule has 0 unspecified atom stereocenters. The monoisotopic (exact) mass is 438 g/mol. The molecule has 1 aromatic heterocycles. The van der Waals surface area contributed by atoms with Crippen molar-refractivity contribution in [3.05, 3.63) is 77.9 Å². The van der Waals surface area contributed by atoms with Gasteiger partial charge in [-0.05, 0) is 74.4 Å². The molecule has 0 aliphatic heterocycles. The molecule has 1 fully saturated rings. The second kappa shape index (κ2) is 8.90. The Morgan fingerprint density at radius 3 is 2.30 bits per heavy atom. The van der Waals surface area contributed by atoms with E-state index in [1.165, 1.54) is 0 Å². The van der Waals surface area contributed by atoms with Gasteiger partial charge in [-0.25, -0.2) is 4.98 Å². The van der Waals surface area contributed by atoms with Crippen LogP contribution >= 0.6 is 0 Å². The van der Waals surface area contributed by atoms with Gasteiger partial charge in [0.25, 0.3) is 5.91 Å². The van der Waals surface area contributed by atoms with Gasteiger partial charge in [-0.2, -0.15) is 0 Å². The molecule has 3 N–H and O–H groups in total. The number of aromatic amines is 1. The Morgan fingerprint density at radius 1 is 0.879 bits per heavy atom. The van der Waals surface area contributed by atoms with Gasteiger partial charge in [0.15, 0.2) is 0 Å². The molecule has 0 atom stereocenters. The van der Waals surface area contributed by atoms with Crippen molar-refractivity contribution in [1.29, 1.82) is 0 Å². The molecular formula is C27H26N4O2. The zero-order valence-electron chi connectivity index (χ0n) is 18.5. The van der Waals surface area contributed by atoms with Gasteiger partial charge in [0, 0.05) is 28.4 Å². The third kappa shape index (κ3) is 4.65. The second-order valence-corrected chi connectivity index (χ2v) is 8.69. The molecule has 0 radical (unpaired) electrons. The zero-order valence-corrected chi connectivity index (χ0v) is 18.5. The maximum absolute atomic E-state index is 12.4. The molecule has 33 heavy (non-hydrogen) atoms. The molecule has 0 spiro atoms. The third-order valence-electron chi connectivity index (χ3n) is 6.21. The van der Waals surface area contributed by atoms with Crippen LogP contribution < -0.4 is 10.6 Å². The van der Waals surface area contributed by atoms with Crippen LogP contribution in [0.15, 0.2) is 66.7 Å². The molecular weight excluding hydrogens is 412 g/mol. The Bertz CT molecular complexity index is 1300. The number of carbonyl (C=O) groups excluding carboxylic acids is 2. The van der Waals surface area contributed by atoms with Crippen LogP contribution in [0.3, 0.4) is 0 Å². The Morgan fingerprint density at radius 2 is 1.58 bits per heavy atom. The van der Waals surface area contributed by atoms with Crippen molar-refractivity contribution in [1.82, 2.24) is 9.97 Å². The highest BCUT2D eigenvalue weighted by atomic mass is 16.2. The predicted octanol–water partition coefficient (Wildman–Crippen LogP) is 5.92. The van der Waals surface area contributed by atoms with E-state index in [4.69, 9.17) is 0 Å². The van der Waals surface area contributed by atoms with Crippen LogP contribution in [0.4, 0.5) is 11.4 Å². The number of nitrogens with zero attached hydrogens (tertiary/aromatic N) is 1. The van der Waals surface area contributed by atoms with E-state index in [1.807, 2.05) is 73.7 Å². The van der Waals surface area contributed by atoms with Gasteiger partial charge in [0.1, 0.15) is 5.82 Å². The summed E-state index contributed by atoms with van der Waals surface area (Å²) in [5.74, 6) is 0.831. The van der Waals surface area contributed by atoms with Gasteiger partial charge in [-0.1, -0.05) is 30.5 Å². The molecule has 6 nitrogen and oxygen atoms in total. The Hall–Kier alpha value is -3.93. The number of aromatic nitrogens is 2. The number of imidazole rings is 1. The smallest absolute Gasteiger partial charge is 0.255 e. The minimum Gasteiger partial charge on any atom is -0.338 e. The van der Waals surface area contributed by atoms with Crippen LogP contribution in [0, 0.1) is 12.8 Å². The molecule has 3 aromatic carbocycles. The van der Waals surface area contributed by atoms with E-state index in [0.29, 0.717) is 5.56 Å². The number of amides is 2. The predicted molar refractivity (Wildman–Crippen MR) is 131 cm³/mol. The van der Waals surface area contributed by atoms with Gasteiger partial charge in [0.2, 0.25) is 5.91 Å². The van der Waals surface area contributed by atoms with Crippen molar-refractivity contribution in [2.24, 2.45) is 5.92 Å². The van der Waals surface area contributed by atoms with Crippen LogP contribution in [0.5, 0.6) is 0 Å². The summed E-state index contributed by atoms with van der Waals surface area (Å²) in [4.78, 5) is 32.9. The first-order chi connectivity index (χ1) is 16.0. The van der Waals surface area contributed by atoms with E-state index in [0.717, 1.165) is 65.0 Å². The molecule has 1 heterocycles. The van der Waals surface area contributed by atoms with Crippen molar-refractivity contribution in [3.63, 3.8) is 0 Å². The van der Waals surface area contributed by atoms with E-state index in [-0.39, 0.29) is 17.7 Å². The van der Waals surface area contributed by atoms with E-state index < -0.39 is 0 Å². The minimum atomic E-state index is -0.140. The first-order valence-electron chi connectivity index (χ1n) is 11.3. The van der Waals surface area contributed by atoms with Crippen LogP contribution in [0.1, 0.15) is 41.6 Å². The summed E-state index contributed by atoms with van der Waals surface area (Å²) < 4.78 is 0. The molecule has 1 aliphatic carbocycles. The molecule has 4 aromatic rings. The van der Waals surface area contributed by atoms with E-state index in [9.17, 15) is 9.59 Å². The van der Waals surface area contributed by atoms with Crippen LogP contribution in [0.2, 0.25) is 0 Å². The number of H-pyrrole nitrogens is 1. The number of hydrogen-bond acceptors (Lipinski definition) is 3. The minimum absolute atomic E-state index is 0.106. The average Bonchev–Trinajstić information content (AvgIpc) is 3.50. The van der Waals surface area contributed by atoms with Crippen molar-refractivity contribution < 1.29 is 9.59 Å². The van der Waals surface area contributed by atoms with Crippen LogP contribution in [-0.2, 0) is 4.79 Å². The van der Waals surface area contributed by atoms with E-state index >= 15 is 0 Å². The fourth-order valence-electron chi connectivity index (χ4n) is 4.28. The topological polar surface area (TPSA) is 86.9 Å². The number of benzene rings is 3. The van der Waals surface area contributed by atoms with E-state index in [1.54, 1.807) is 0 Å². The number of fused-ring (bicyclic) bond motifs is 1. The first-order valence-corrected chi connectivity index (χ1v) is 11.3. The Balaban J connectivity index is 1.29. The van der Waals surface area contributed by atoms with Gasteiger partial charge in [0.05, 0.1) is 11.0 Å². The lowest BCUT2D eigenvalue weighted by molar-refractivity contribution is -0.119. The van der Waals surface area contributed by atoms with Crippen molar-refractivity contribution in [2.45, 2.75) is 32.6 Å². The van der Waals surface area contributed by atoms with Gasteiger partial charge >= 0.3 is 0 Å². The van der Waals surface area contributed by atoms with Crippen LogP contribution in [0.25, 0.3) is 22.4 Å². The maximum atomic E-state index is 12.4. The summed E-state index contributed by atoms with van der Waals surface area (Å²) in [5.41, 5.74) is 5.85. The summed E-state index contributed by atoms with van der Waals surface area (Å²) in [6, 6.07) is 20.8. The first kappa shape index (κ1) is 20.9. The maximum Gasteiger partial charge on any atom is 0.255 e. The summed E-state index contributed by atoms with van der Waals surface area (Å²) in [7, 11) is 0. The van der Waals surface area contributed by atoms with Crippen molar-refractivity contribution in [3.8, 4) is 11.4 Å². The molecule has 0 saturated heterocycles. The fourth-order valence-corrected chi connectivity index (χ4v) is 4.28. The van der Waals surface area contributed by atoms with Crippen molar-refractivity contribution in [2.75, 3.05) is 10.6 Å². The highest BCUT2D eigenvalue weighted by Crippen LogP contribution is 2.28. The second-order valence-electron chi connectivity index (χ2n) is 8.69. The Labute approximate surface area is 192 Å². The Kier molecular flexibility index (Phi) is 5.65. The number of hydrogen-bond donors (Lipinski definition) is 3. The van der Waals surface area contributed by atoms with Crippen molar-refractivity contribution >= 4 is 34.2 Å². The standard InChI is InChI=1S/C27H26N4O2/c1-17-6-8-20(9-7-17)27(33)28-21-12-10-18(11-13-21)25-30-23-15-14-22(16-24(23)31-25)29-26(32)19-4-2-3-5-19/h6-16,19H,2-5H2,1H3,(H,28,33)(H,29,32)(H,30,31). The highest BCUT2D eigenvalue weighted by Gasteiger charge is 2.22. The molecule has 1 aliphatic rings. The average molecular weight is 439 g/mol. The lowest BCUT2D eigenvalue weighted by Gasteiger charge is -2.10. The quantitative estimate of drug-likeness (QED) is 0.361. The number of carbonyl (C=O) groups is 2. The SMILES string of the molecule is Cc1ccc(C(=O)Nc2ccc(-c3nc4ccc(NC(=O)C5CCCC5)cc4[nH]3)cc2)cc1. The normalized spacial score (nSPS) is 13.8. The zero-order chi connectivity index (χ0) is 22.8. The van der Waals surface area contributed by atoms with E-state index in [2.05, 4.69) is 20.6 Å². The summed E-state index contributed by atoms with van der Waals surface area (Å²) in [6.07, 6.45) is 4.22. The highest BCUT2D eigenvalue weighted by molar-refractivity contribution is 6.04. The van der Waals surface area contributed by atoms with Gasteiger partial charge in [-0.15, -0.1) is 0 Å². The lowest BCUT2D eigenvalue weighted by Crippen LogP contribution is -2.20. The molecule has 2 amide bonds. The number of anilines is 2. The number of aryl methyl sites for hydroxylation is 1. The lowest BCUT2D eigenvalue weighted by atomic mass is 10.1. The number of rotatable bonds is 5. The molecule has 5 rings (SSSR count). The van der Waals surface area contributed by atoms with Gasteiger partial charge < -0.3 is 15.6 Å². The van der Waals surface area contributed by atoms with Crippen LogP contribution in [-0.4, -0.2) is 21.8 Å². The fraction of sp³-hybridized carbons (Fsp3) is 0.222. The summed E-state index contributed by atoms with van der Waals surface area (Å²) in [5, 5.41) is 5.96. The summed E-state index contributed by atoms with van der Waals surface area (Å²) in [6.45, 7) is 1.99. The number of nitrogens with one attached hydrogen (secondary N) is 3. The molecule has 166 valence electrons. The largest absolute Gasteiger partial charge is 0.338 e. The molecule has 1 saturated carbocycles. The summed E-state index contributed by atoms with van der Waals surface area (Å²) >= 11 is 0. The molecule has 0 bridgehead atoms. The molecule has 6 heteroatoms.